The fourth-order valence-electron chi connectivity index (χ4n) is 2.79. The number of nitrogens with zero attached hydrogens (tertiary/aromatic N) is 3. The normalized spacial score (nSPS) is 14.3. The highest BCUT2D eigenvalue weighted by Crippen LogP contribution is 2.25. The average Bonchev–Trinajstić information content (AvgIpc) is 2.62. The van der Waals surface area contributed by atoms with Crippen molar-refractivity contribution in [2.45, 2.75) is 13.3 Å². The third-order valence-electron chi connectivity index (χ3n) is 4.32. The molecule has 1 amide bonds. The van der Waals surface area contributed by atoms with Gasteiger partial charge in [0.15, 0.2) is 10.9 Å². The molecule has 0 saturated carbocycles. The lowest BCUT2D eigenvalue weighted by atomic mass is 9.99. The van der Waals surface area contributed by atoms with E-state index in [0.717, 1.165) is 36.2 Å². The van der Waals surface area contributed by atoms with Gasteiger partial charge in [-0.15, -0.1) is 0 Å². The summed E-state index contributed by atoms with van der Waals surface area (Å²) in [6, 6.07) is 3.21. The molecule has 140 valence electrons. The van der Waals surface area contributed by atoms with Crippen LogP contribution in [0.2, 0.25) is 0 Å². The Morgan fingerprint density at radius 1 is 1.26 bits per heavy atom. The van der Waals surface area contributed by atoms with Crippen LogP contribution in [0.25, 0.3) is 5.57 Å². The number of hydrogen-bond acceptors (Lipinski definition) is 4. The van der Waals surface area contributed by atoms with Gasteiger partial charge in [-0.05, 0) is 43.3 Å². The molecule has 0 aliphatic carbocycles. The molecule has 0 fully saturated rings. The monoisotopic (exact) mass is 389 g/mol. The summed E-state index contributed by atoms with van der Waals surface area (Å²) < 4.78 is 27.4. The maximum atomic E-state index is 13.7. The highest BCUT2D eigenvalue weighted by molar-refractivity contribution is 7.80. The lowest BCUT2D eigenvalue weighted by Crippen LogP contribution is -2.39. The van der Waals surface area contributed by atoms with Crippen LogP contribution in [0, 0.1) is 11.6 Å². The van der Waals surface area contributed by atoms with Gasteiger partial charge in [0.2, 0.25) is 0 Å². The summed E-state index contributed by atoms with van der Waals surface area (Å²) in [7, 11) is 0. The van der Waals surface area contributed by atoms with Crippen molar-refractivity contribution in [1.29, 1.82) is 0 Å². The largest absolute Gasteiger partial charge is 0.376 e. The summed E-state index contributed by atoms with van der Waals surface area (Å²) in [6.07, 6.45) is 3.64. The third-order valence-corrected chi connectivity index (χ3v) is 4.58. The molecular weight excluding hydrogens is 372 g/mol. The predicted molar refractivity (Wildman–Crippen MR) is 102 cm³/mol. The zero-order valence-electron chi connectivity index (χ0n) is 14.5. The molecule has 1 aliphatic rings. The summed E-state index contributed by atoms with van der Waals surface area (Å²) in [4.78, 5) is 22.4. The zero-order valence-corrected chi connectivity index (χ0v) is 15.3. The van der Waals surface area contributed by atoms with Crippen LogP contribution in [-0.2, 0) is 0 Å². The second-order valence-electron chi connectivity index (χ2n) is 6.11. The predicted octanol–water partition coefficient (Wildman–Crippen LogP) is 2.73. The van der Waals surface area contributed by atoms with Gasteiger partial charge in [0.05, 0.1) is 18.1 Å². The molecule has 3 rings (SSSR count). The van der Waals surface area contributed by atoms with E-state index < -0.39 is 23.1 Å². The maximum Gasteiger partial charge on any atom is 0.262 e. The van der Waals surface area contributed by atoms with Crippen LogP contribution < -0.4 is 11.1 Å². The van der Waals surface area contributed by atoms with Gasteiger partial charge in [-0.25, -0.2) is 13.8 Å². The van der Waals surface area contributed by atoms with Crippen LogP contribution in [0.1, 0.15) is 29.4 Å². The quantitative estimate of drug-likeness (QED) is 0.786. The van der Waals surface area contributed by atoms with E-state index in [1.54, 1.807) is 0 Å². The SMILES string of the molecule is CC1=C(c2cnc(NC(=O)c3c(F)cccc3F)cn2)CN(C(N)=S)CC1. The molecule has 0 spiro atoms. The molecule has 6 nitrogen and oxygen atoms in total. The van der Waals surface area contributed by atoms with Gasteiger partial charge in [-0.1, -0.05) is 11.6 Å². The number of amides is 1. The van der Waals surface area contributed by atoms with Crippen molar-refractivity contribution in [2.75, 3.05) is 18.4 Å². The van der Waals surface area contributed by atoms with Crippen molar-refractivity contribution in [2.24, 2.45) is 5.73 Å². The minimum Gasteiger partial charge on any atom is -0.376 e. The Kier molecular flexibility index (Phi) is 5.41. The van der Waals surface area contributed by atoms with Crippen molar-refractivity contribution in [3.8, 4) is 0 Å². The molecule has 2 aromatic rings. The van der Waals surface area contributed by atoms with Crippen LogP contribution in [0.4, 0.5) is 14.6 Å². The highest BCUT2D eigenvalue weighted by atomic mass is 32.1. The number of carbonyl (C=O) groups excluding carboxylic acids is 1. The van der Waals surface area contributed by atoms with Gasteiger partial charge in [0, 0.05) is 13.1 Å². The number of aromatic nitrogens is 2. The Morgan fingerprint density at radius 2 is 1.96 bits per heavy atom. The lowest BCUT2D eigenvalue weighted by Gasteiger charge is -2.30. The number of halogens is 2. The Morgan fingerprint density at radius 3 is 2.56 bits per heavy atom. The molecule has 9 heteroatoms. The van der Waals surface area contributed by atoms with Crippen LogP contribution in [0.15, 0.2) is 36.2 Å². The van der Waals surface area contributed by atoms with Crippen molar-refractivity contribution in [1.82, 2.24) is 14.9 Å². The Bertz CT molecular complexity index is 910. The average molecular weight is 389 g/mol. The summed E-state index contributed by atoms with van der Waals surface area (Å²) in [6.45, 7) is 3.28. The first-order chi connectivity index (χ1) is 12.9. The molecule has 0 atom stereocenters. The number of benzene rings is 1. The van der Waals surface area contributed by atoms with E-state index in [1.807, 2.05) is 11.8 Å². The summed E-state index contributed by atoms with van der Waals surface area (Å²) >= 11 is 5.03. The van der Waals surface area contributed by atoms with Gasteiger partial charge < -0.3 is 16.0 Å². The van der Waals surface area contributed by atoms with Crippen LogP contribution in [-0.4, -0.2) is 39.0 Å². The number of nitrogens with one attached hydrogen (secondary N) is 1. The summed E-state index contributed by atoms with van der Waals surface area (Å²) in [5, 5.41) is 2.67. The Labute approximate surface area is 160 Å². The number of anilines is 1. The van der Waals surface area contributed by atoms with E-state index in [0.29, 0.717) is 17.4 Å². The topological polar surface area (TPSA) is 84.1 Å². The van der Waals surface area contributed by atoms with E-state index in [4.69, 9.17) is 18.0 Å². The van der Waals surface area contributed by atoms with Gasteiger partial charge >= 0.3 is 0 Å². The second kappa shape index (κ2) is 7.75. The van der Waals surface area contributed by atoms with E-state index >= 15 is 0 Å². The number of carbonyl (C=O) groups is 1. The lowest BCUT2D eigenvalue weighted by molar-refractivity contribution is 0.101. The number of nitrogens with two attached hydrogens (primary N) is 1. The second-order valence-corrected chi connectivity index (χ2v) is 6.52. The fourth-order valence-corrected chi connectivity index (χ4v) is 2.94. The van der Waals surface area contributed by atoms with Crippen LogP contribution >= 0.6 is 12.2 Å². The van der Waals surface area contributed by atoms with Crippen LogP contribution in [0.5, 0.6) is 0 Å². The Balaban J connectivity index is 1.78. The molecule has 0 unspecified atom stereocenters. The minimum atomic E-state index is -0.946. The molecule has 27 heavy (non-hydrogen) atoms. The van der Waals surface area contributed by atoms with Crippen molar-refractivity contribution in [3.05, 3.63) is 59.1 Å². The number of hydrogen-bond donors (Lipinski definition) is 2. The van der Waals surface area contributed by atoms with Crippen molar-refractivity contribution >= 4 is 34.6 Å². The maximum absolute atomic E-state index is 13.7. The van der Waals surface area contributed by atoms with Crippen molar-refractivity contribution in [3.63, 3.8) is 0 Å². The first kappa shape index (κ1) is 18.8. The summed E-state index contributed by atoms with van der Waals surface area (Å²) in [5.41, 5.74) is 7.78. The number of thiocarbonyl (C=S) groups is 1. The van der Waals surface area contributed by atoms with E-state index in [9.17, 15) is 13.6 Å². The smallest absolute Gasteiger partial charge is 0.262 e. The molecular formula is C18H17F2N5OS. The van der Waals surface area contributed by atoms with E-state index in [1.165, 1.54) is 18.5 Å². The van der Waals surface area contributed by atoms with E-state index in [-0.39, 0.29) is 5.82 Å². The van der Waals surface area contributed by atoms with Crippen LogP contribution in [0.3, 0.4) is 0 Å². The number of rotatable bonds is 3. The molecule has 0 saturated heterocycles. The first-order valence-corrected chi connectivity index (χ1v) is 8.58. The highest BCUT2D eigenvalue weighted by Gasteiger charge is 2.21. The molecule has 3 N–H and O–H groups in total. The van der Waals surface area contributed by atoms with Gasteiger partial charge in [0.1, 0.15) is 17.2 Å². The van der Waals surface area contributed by atoms with E-state index in [2.05, 4.69) is 15.3 Å². The molecule has 2 heterocycles. The third kappa shape index (κ3) is 4.08. The molecule has 0 radical (unpaired) electrons. The molecule has 1 aromatic carbocycles. The van der Waals surface area contributed by atoms with Gasteiger partial charge in [0.25, 0.3) is 5.91 Å². The molecule has 1 aliphatic heterocycles. The minimum absolute atomic E-state index is 0.0895. The summed E-state index contributed by atoms with van der Waals surface area (Å²) in [5.74, 6) is -2.73. The first-order valence-electron chi connectivity index (χ1n) is 8.17. The standard InChI is InChI=1S/C18H17F2N5OS/c1-10-5-6-25(18(21)27)9-11(10)14-7-23-15(8-22-14)24-17(26)16-12(19)3-2-4-13(16)20/h2-4,7-8H,5-6,9H2,1H3,(H2,21,27)(H,23,24,26). The zero-order chi connectivity index (χ0) is 19.6. The fraction of sp³-hybridized carbons (Fsp3) is 0.222. The van der Waals surface area contributed by atoms with Gasteiger partial charge in [-0.2, -0.15) is 0 Å². The molecule has 1 aromatic heterocycles. The van der Waals surface area contributed by atoms with Crippen molar-refractivity contribution < 1.29 is 13.6 Å². The molecule has 0 bridgehead atoms. The Hall–Kier alpha value is -2.94. The van der Waals surface area contributed by atoms with Gasteiger partial charge in [-0.3, -0.25) is 9.78 Å².